The monoisotopic (exact) mass is 343 g/mol. The molecule has 0 amide bonds. The third-order valence-corrected chi connectivity index (χ3v) is 3.92. The van der Waals surface area contributed by atoms with E-state index in [2.05, 4.69) is 26.0 Å². The van der Waals surface area contributed by atoms with Gasteiger partial charge in [-0.25, -0.2) is 0 Å². The highest BCUT2D eigenvalue weighted by Crippen LogP contribution is 2.41. The molecule has 1 aliphatic heterocycles. The first-order valence-electron chi connectivity index (χ1n) is 5.98. The molecule has 108 valence electrons. The molecule has 1 N–H and O–H groups in total. The number of benzene rings is 1. The van der Waals surface area contributed by atoms with Crippen molar-refractivity contribution in [2.75, 3.05) is 24.4 Å². The van der Waals surface area contributed by atoms with Crippen LogP contribution in [0.25, 0.3) is 0 Å². The maximum absolute atomic E-state index is 11.2. The van der Waals surface area contributed by atoms with Gasteiger partial charge >= 0.3 is 5.97 Å². The van der Waals surface area contributed by atoms with Crippen molar-refractivity contribution in [3.05, 3.63) is 26.7 Å². The first-order valence-corrected chi connectivity index (χ1v) is 6.77. The smallest absolute Gasteiger partial charge is 0.305 e. The summed E-state index contributed by atoms with van der Waals surface area (Å²) in [4.78, 5) is 23.6. The predicted molar refractivity (Wildman–Crippen MR) is 77.9 cm³/mol. The fourth-order valence-electron chi connectivity index (χ4n) is 2.16. The van der Waals surface area contributed by atoms with Crippen LogP contribution in [-0.2, 0) is 9.53 Å². The third kappa shape index (κ3) is 2.69. The van der Waals surface area contributed by atoms with E-state index in [9.17, 15) is 14.9 Å². The average Bonchev–Trinajstić information content (AvgIpc) is 2.70. The van der Waals surface area contributed by atoms with Crippen LogP contribution in [0.2, 0.25) is 0 Å². The molecule has 0 fully saturated rings. The zero-order chi connectivity index (χ0) is 14.9. The minimum absolute atomic E-state index is 0.0195. The minimum Gasteiger partial charge on any atom is -0.469 e. The van der Waals surface area contributed by atoms with Gasteiger partial charge in [0.1, 0.15) is 0 Å². The molecule has 1 unspecified atom stereocenters. The first kappa shape index (κ1) is 14.6. The van der Waals surface area contributed by atoms with E-state index in [1.807, 2.05) is 11.9 Å². The Morgan fingerprint density at radius 3 is 2.90 bits per heavy atom. The van der Waals surface area contributed by atoms with Crippen LogP contribution in [0.5, 0.6) is 0 Å². The number of nitrogens with one attached hydrogen (secondary N) is 1. The molecule has 1 aliphatic rings. The number of esters is 1. The number of anilines is 2. The molecule has 2 rings (SSSR count). The lowest BCUT2D eigenvalue weighted by atomic mass is 10.2. The molecule has 0 saturated carbocycles. The van der Waals surface area contributed by atoms with E-state index in [0.29, 0.717) is 10.9 Å². The van der Waals surface area contributed by atoms with Crippen LogP contribution in [0.15, 0.2) is 16.6 Å². The number of methoxy groups -OCH3 is 1. The summed E-state index contributed by atoms with van der Waals surface area (Å²) in [6.45, 7) is 0. The van der Waals surface area contributed by atoms with Gasteiger partial charge in [-0.05, 0) is 28.4 Å². The summed E-state index contributed by atoms with van der Waals surface area (Å²) in [6.07, 6.45) is 0.761. The summed E-state index contributed by atoms with van der Waals surface area (Å²) < 4.78 is 5.04. The van der Waals surface area contributed by atoms with Gasteiger partial charge < -0.3 is 15.0 Å². The van der Waals surface area contributed by atoms with Crippen molar-refractivity contribution in [3.63, 3.8) is 0 Å². The lowest BCUT2D eigenvalue weighted by molar-refractivity contribution is -0.385. The van der Waals surface area contributed by atoms with Crippen molar-refractivity contribution in [1.29, 1.82) is 0 Å². The van der Waals surface area contributed by atoms with E-state index >= 15 is 0 Å². The number of nitro groups is 1. The molecule has 0 aliphatic carbocycles. The number of halogens is 1. The van der Waals surface area contributed by atoms with Crippen molar-refractivity contribution in [1.82, 2.24) is 0 Å². The van der Waals surface area contributed by atoms with Gasteiger partial charge in [0.15, 0.2) is 0 Å². The molecule has 1 heterocycles. The first-order chi connectivity index (χ1) is 9.43. The highest BCUT2D eigenvalue weighted by molar-refractivity contribution is 9.10. The van der Waals surface area contributed by atoms with Crippen molar-refractivity contribution in [2.24, 2.45) is 0 Å². The molecule has 20 heavy (non-hydrogen) atoms. The molecule has 1 aromatic rings. The van der Waals surface area contributed by atoms with Gasteiger partial charge in [-0.3, -0.25) is 14.9 Å². The fourth-order valence-corrected chi connectivity index (χ4v) is 2.65. The molecular formula is C12H14BrN3O4. The van der Waals surface area contributed by atoms with Crippen molar-refractivity contribution >= 4 is 39.0 Å². The van der Waals surface area contributed by atoms with E-state index in [1.165, 1.54) is 13.2 Å². The molecule has 0 bridgehead atoms. The van der Waals surface area contributed by atoms with E-state index in [4.69, 9.17) is 0 Å². The Kier molecular flexibility index (Phi) is 4.12. The Balaban J connectivity index is 2.18. The van der Waals surface area contributed by atoms with Gasteiger partial charge in [-0.15, -0.1) is 0 Å². The van der Waals surface area contributed by atoms with Crippen molar-refractivity contribution < 1.29 is 14.5 Å². The summed E-state index contributed by atoms with van der Waals surface area (Å²) in [5, 5.41) is 14.2. The molecular weight excluding hydrogens is 330 g/mol. The third-order valence-electron chi connectivity index (χ3n) is 3.28. The highest BCUT2D eigenvalue weighted by atomic mass is 79.9. The maximum atomic E-state index is 11.2. The Bertz CT molecular complexity index is 564. The summed E-state index contributed by atoms with van der Waals surface area (Å²) in [5.74, 6) is -0.275. The minimum atomic E-state index is -0.431. The van der Waals surface area contributed by atoms with Crippen LogP contribution >= 0.6 is 15.9 Å². The number of hydrogen-bond acceptors (Lipinski definition) is 6. The summed E-state index contributed by atoms with van der Waals surface area (Å²) in [5.41, 5.74) is 1.57. The number of nitro benzene ring substituents is 1. The highest BCUT2D eigenvalue weighted by Gasteiger charge is 2.29. The normalized spacial score (nSPS) is 16.6. The van der Waals surface area contributed by atoms with Gasteiger partial charge in [0, 0.05) is 19.5 Å². The molecule has 0 aromatic heterocycles. The molecule has 8 heteroatoms. The second kappa shape index (κ2) is 5.66. The van der Waals surface area contributed by atoms with Crippen LogP contribution in [-0.4, -0.2) is 31.2 Å². The van der Waals surface area contributed by atoms with E-state index in [-0.39, 0.29) is 24.2 Å². The van der Waals surface area contributed by atoms with Crippen molar-refractivity contribution in [2.45, 2.75) is 19.0 Å². The van der Waals surface area contributed by atoms with Crippen LogP contribution in [0.1, 0.15) is 12.8 Å². The predicted octanol–water partition coefficient (Wildman–Crippen LogP) is 2.50. The Morgan fingerprint density at radius 2 is 2.30 bits per heavy atom. The number of ether oxygens (including phenoxy) is 1. The summed E-state index contributed by atoms with van der Waals surface area (Å²) in [7, 11) is 3.18. The zero-order valence-corrected chi connectivity index (χ0v) is 12.6. The second-order valence-corrected chi connectivity index (χ2v) is 5.32. The van der Waals surface area contributed by atoms with Gasteiger partial charge in [-0.2, -0.15) is 0 Å². The number of carbonyl (C=O) groups is 1. The Morgan fingerprint density at radius 1 is 1.60 bits per heavy atom. The van der Waals surface area contributed by atoms with E-state index in [1.54, 1.807) is 6.07 Å². The topological polar surface area (TPSA) is 84.7 Å². The fraction of sp³-hybridized carbons (Fsp3) is 0.417. The largest absolute Gasteiger partial charge is 0.469 e. The molecule has 1 atom stereocenters. The van der Waals surface area contributed by atoms with Crippen LogP contribution < -0.4 is 10.2 Å². The van der Waals surface area contributed by atoms with Gasteiger partial charge in [0.05, 0.1) is 34.0 Å². The molecule has 0 spiro atoms. The number of hydrogen-bond donors (Lipinski definition) is 1. The van der Waals surface area contributed by atoms with Gasteiger partial charge in [-0.1, -0.05) is 0 Å². The average molecular weight is 344 g/mol. The van der Waals surface area contributed by atoms with E-state index in [0.717, 1.165) is 11.4 Å². The maximum Gasteiger partial charge on any atom is 0.305 e. The van der Waals surface area contributed by atoms with Crippen LogP contribution in [0.3, 0.4) is 0 Å². The standard InChI is InChI=1S/C12H14BrN3O4/c1-15-10-6-9(16(18)19)7(13)5-8(10)14-11(15)3-4-12(17)20-2/h5-6,11,14H,3-4H2,1-2H3. The second-order valence-electron chi connectivity index (χ2n) is 4.46. The Hall–Kier alpha value is -1.83. The summed E-state index contributed by atoms with van der Waals surface area (Å²) in [6, 6.07) is 3.20. The quantitative estimate of drug-likeness (QED) is 0.513. The summed E-state index contributed by atoms with van der Waals surface area (Å²) >= 11 is 3.19. The van der Waals surface area contributed by atoms with Crippen LogP contribution in [0.4, 0.5) is 17.1 Å². The molecule has 0 saturated heterocycles. The van der Waals surface area contributed by atoms with Crippen molar-refractivity contribution in [3.8, 4) is 0 Å². The lowest BCUT2D eigenvalue weighted by Crippen LogP contribution is -2.32. The lowest BCUT2D eigenvalue weighted by Gasteiger charge is -2.21. The Labute approximate surface area is 124 Å². The number of carbonyl (C=O) groups excluding carboxylic acids is 1. The van der Waals surface area contributed by atoms with Gasteiger partial charge in [0.25, 0.3) is 5.69 Å². The zero-order valence-electron chi connectivity index (χ0n) is 11.1. The molecule has 1 aromatic carbocycles. The SMILES string of the molecule is COC(=O)CCC1Nc2cc(Br)c([N+](=O)[O-])cc2N1C. The van der Waals surface area contributed by atoms with E-state index < -0.39 is 4.92 Å². The number of rotatable bonds is 4. The number of fused-ring (bicyclic) bond motifs is 1. The van der Waals surface area contributed by atoms with Gasteiger partial charge in [0.2, 0.25) is 0 Å². The molecule has 0 radical (unpaired) electrons. The van der Waals surface area contributed by atoms with Crippen LogP contribution in [0, 0.1) is 10.1 Å². The number of nitrogens with zero attached hydrogens (tertiary/aromatic N) is 2. The molecule has 7 nitrogen and oxygen atoms in total.